The Balaban J connectivity index is 1.70. The summed E-state index contributed by atoms with van der Waals surface area (Å²) in [7, 11) is 2.11. The molecule has 9 nitrogen and oxygen atoms in total. The fraction of sp³-hybridized carbons (Fsp3) is 0.240. The summed E-state index contributed by atoms with van der Waals surface area (Å²) in [6.07, 6.45) is 4.69. The molecule has 1 aromatic heterocycles. The minimum atomic E-state index is -0.589. The molecule has 0 unspecified atom stereocenters. The van der Waals surface area contributed by atoms with Crippen LogP contribution >= 0.6 is 0 Å². The van der Waals surface area contributed by atoms with Gasteiger partial charge >= 0.3 is 0 Å². The van der Waals surface area contributed by atoms with Crippen molar-refractivity contribution in [3.63, 3.8) is 0 Å². The van der Waals surface area contributed by atoms with Crippen molar-refractivity contribution in [1.29, 1.82) is 0 Å². The molecule has 0 bridgehead atoms. The SMILES string of the molecule is C/C(=C\c1cc2[nH]c(-c3ccc(/C=C/C(=O)NO)cc3)nc2cc1N1CCN(C)CC1)C(N)=O. The third kappa shape index (κ3) is 5.16. The summed E-state index contributed by atoms with van der Waals surface area (Å²) >= 11 is 0. The van der Waals surface area contributed by atoms with Crippen molar-refractivity contribution in [2.45, 2.75) is 6.92 Å². The van der Waals surface area contributed by atoms with Crippen LogP contribution in [0, 0.1) is 0 Å². The molecule has 34 heavy (non-hydrogen) atoms. The third-order valence-electron chi connectivity index (χ3n) is 5.96. The van der Waals surface area contributed by atoms with Gasteiger partial charge in [-0.15, -0.1) is 0 Å². The highest BCUT2D eigenvalue weighted by molar-refractivity contribution is 5.98. The van der Waals surface area contributed by atoms with Gasteiger partial charge in [0.1, 0.15) is 5.82 Å². The van der Waals surface area contributed by atoms with Gasteiger partial charge in [-0.3, -0.25) is 14.8 Å². The van der Waals surface area contributed by atoms with E-state index in [1.165, 1.54) is 6.08 Å². The van der Waals surface area contributed by atoms with Crippen LogP contribution in [-0.4, -0.2) is 65.1 Å². The number of aromatic nitrogens is 2. The topological polar surface area (TPSA) is 128 Å². The fourth-order valence-corrected chi connectivity index (χ4v) is 3.90. The lowest BCUT2D eigenvalue weighted by molar-refractivity contribution is -0.124. The lowest BCUT2D eigenvalue weighted by Crippen LogP contribution is -2.44. The Hall–Kier alpha value is -3.95. The Bertz CT molecular complexity index is 1270. The van der Waals surface area contributed by atoms with E-state index in [1.54, 1.807) is 18.5 Å². The number of anilines is 1. The van der Waals surface area contributed by atoms with Crippen LogP contribution in [-0.2, 0) is 9.59 Å². The van der Waals surface area contributed by atoms with Crippen LogP contribution in [0.5, 0.6) is 0 Å². The van der Waals surface area contributed by atoms with E-state index < -0.39 is 11.8 Å². The molecular formula is C25H28N6O3. The number of H-pyrrole nitrogens is 1. The zero-order valence-corrected chi connectivity index (χ0v) is 19.2. The second-order valence-corrected chi connectivity index (χ2v) is 8.43. The Labute approximate surface area is 197 Å². The number of imidazole rings is 1. The molecule has 0 atom stereocenters. The molecule has 2 aromatic carbocycles. The van der Waals surface area contributed by atoms with Gasteiger partial charge in [0.05, 0.1) is 11.0 Å². The molecule has 0 radical (unpaired) electrons. The summed E-state index contributed by atoms with van der Waals surface area (Å²) in [5, 5.41) is 8.59. The van der Waals surface area contributed by atoms with Gasteiger partial charge in [-0.2, -0.15) is 0 Å². The fourth-order valence-electron chi connectivity index (χ4n) is 3.90. The number of rotatable bonds is 6. The third-order valence-corrected chi connectivity index (χ3v) is 5.96. The number of piperazine rings is 1. The number of nitrogens with two attached hydrogens (primary N) is 1. The normalized spacial score (nSPS) is 15.3. The van der Waals surface area contributed by atoms with Crippen LogP contribution < -0.4 is 16.1 Å². The Morgan fingerprint density at radius 2 is 1.85 bits per heavy atom. The van der Waals surface area contributed by atoms with Crippen molar-refractivity contribution in [3.8, 4) is 11.4 Å². The first kappa shape index (κ1) is 23.2. The monoisotopic (exact) mass is 460 g/mol. The van der Waals surface area contributed by atoms with Crippen molar-refractivity contribution in [3.05, 3.63) is 59.2 Å². The first-order chi connectivity index (χ1) is 16.3. The number of amides is 2. The molecule has 3 aromatic rings. The maximum Gasteiger partial charge on any atom is 0.267 e. The Morgan fingerprint density at radius 1 is 1.15 bits per heavy atom. The predicted octanol–water partition coefficient (Wildman–Crippen LogP) is 2.39. The second-order valence-electron chi connectivity index (χ2n) is 8.43. The molecule has 1 saturated heterocycles. The summed E-state index contributed by atoms with van der Waals surface area (Å²) in [4.78, 5) is 35.6. The zero-order valence-electron chi connectivity index (χ0n) is 19.2. The molecular weight excluding hydrogens is 432 g/mol. The van der Waals surface area contributed by atoms with E-state index in [4.69, 9.17) is 15.9 Å². The first-order valence-corrected chi connectivity index (χ1v) is 11.0. The van der Waals surface area contributed by atoms with Gasteiger partial charge in [-0.25, -0.2) is 10.5 Å². The summed E-state index contributed by atoms with van der Waals surface area (Å²) in [6.45, 7) is 5.42. The molecule has 1 fully saturated rings. The highest BCUT2D eigenvalue weighted by Gasteiger charge is 2.19. The minimum Gasteiger partial charge on any atom is -0.368 e. The molecule has 0 aliphatic carbocycles. The highest BCUT2D eigenvalue weighted by Crippen LogP contribution is 2.31. The first-order valence-electron chi connectivity index (χ1n) is 11.0. The van der Waals surface area contributed by atoms with Crippen LogP contribution in [0.3, 0.4) is 0 Å². The molecule has 4 rings (SSSR count). The molecule has 1 aliphatic heterocycles. The quantitative estimate of drug-likeness (QED) is 0.254. The number of carbonyl (C=O) groups is 2. The standard InChI is InChI=1S/C25H28N6O3/c1-16(24(26)33)13-19-14-20-21(15-22(19)31-11-9-30(2)10-12-31)28-25(27-20)18-6-3-17(4-7-18)5-8-23(32)29-34/h3-8,13-15,34H,9-12H2,1-2H3,(H2,26,33)(H,27,28)(H,29,32)/b8-5+,16-13+. The highest BCUT2D eigenvalue weighted by atomic mass is 16.5. The van der Waals surface area contributed by atoms with Crippen molar-refractivity contribution >= 4 is 40.7 Å². The molecule has 2 heterocycles. The number of nitrogens with zero attached hydrogens (tertiary/aromatic N) is 3. The van der Waals surface area contributed by atoms with Crippen LogP contribution in [0.4, 0.5) is 5.69 Å². The van der Waals surface area contributed by atoms with Crippen molar-refractivity contribution < 1.29 is 14.8 Å². The lowest BCUT2D eigenvalue weighted by atomic mass is 10.1. The summed E-state index contributed by atoms with van der Waals surface area (Å²) in [5.74, 6) is -0.315. The molecule has 5 N–H and O–H groups in total. The smallest absolute Gasteiger partial charge is 0.267 e. The molecule has 2 amide bonds. The maximum atomic E-state index is 11.7. The number of hydrogen-bond acceptors (Lipinski definition) is 6. The van der Waals surface area contributed by atoms with Gasteiger partial charge in [0.15, 0.2) is 0 Å². The zero-order chi connectivity index (χ0) is 24.2. The lowest BCUT2D eigenvalue weighted by Gasteiger charge is -2.35. The van der Waals surface area contributed by atoms with Crippen LogP contribution in [0.15, 0.2) is 48.0 Å². The Kier molecular flexibility index (Phi) is 6.76. The minimum absolute atomic E-state index is 0.444. The van der Waals surface area contributed by atoms with Crippen molar-refractivity contribution in [2.75, 3.05) is 38.1 Å². The van der Waals surface area contributed by atoms with E-state index >= 15 is 0 Å². The Morgan fingerprint density at radius 3 is 2.50 bits per heavy atom. The number of primary amides is 1. The number of nitrogens with one attached hydrogen (secondary N) is 2. The van der Waals surface area contributed by atoms with E-state index in [9.17, 15) is 9.59 Å². The van der Waals surface area contributed by atoms with E-state index in [0.717, 1.165) is 65.4 Å². The largest absolute Gasteiger partial charge is 0.368 e. The number of benzene rings is 2. The van der Waals surface area contributed by atoms with E-state index in [0.29, 0.717) is 5.57 Å². The van der Waals surface area contributed by atoms with E-state index in [-0.39, 0.29) is 0 Å². The molecule has 1 aliphatic rings. The number of likely N-dealkylation sites (N-methyl/N-ethyl adjacent to an activating group) is 1. The van der Waals surface area contributed by atoms with Crippen LogP contribution in [0.25, 0.3) is 34.6 Å². The molecule has 0 spiro atoms. The summed E-state index contributed by atoms with van der Waals surface area (Å²) in [6, 6.07) is 11.6. The number of aromatic amines is 1. The number of carbonyl (C=O) groups excluding carboxylic acids is 2. The van der Waals surface area contributed by atoms with Gasteiger partial charge in [0.25, 0.3) is 5.91 Å². The van der Waals surface area contributed by atoms with Gasteiger partial charge in [0, 0.05) is 54.6 Å². The average Bonchev–Trinajstić information content (AvgIpc) is 3.25. The average molecular weight is 461 g/mol. The van der Waals surface area contributed by atoms with Crippen LogP contribution in [0.1, 0.15) is 18.1 Å². The van der Waals surface area contributed by atoms with Gasteiger partial charge in [-0.1, -0.05) is 24.3 Å². The van der Waals surface area contributed by atoms with E-state index in [2.05, 4.69) is 27.9 Å². The number of fused-ring (bicyclic) bond motifs is 1. The van der Waals surface area contributed by atoms with Gasteiger partial charge < -0.3 is 20.5 Å². The van der Waals surface area contributed by atoms with Gasteiger partial charge in [-0.05, 0) is 43.8 Å². The molecule has 9 heteroatoms. The van der Waals surface area contributed by atoms with Crippen molar-refractivity contribution in [2.24, 2.45) is 5.73 Å². The summed E-state index contributed by atoms with van der Waals surface area (Å²) < 4.78 is 0. The number of hydroxylamine groups is 1. The van der Waals surface area contributed by atoms with Crippen molar-refractivity contribution in [1.82, 2.24) is 20.3 Å². The van der Waals surface area contributed by atoms with Gasteiger partial charge in [0.2, 0.25) is 5.91 Å². The molecule has 176 valence electrons. The second kappa shape index (κ2) is 9.90. The summed E-state index contributed by atoms with van der Waals surface area (Å²) in [5.41, 5.74) is 12.9. The van der Waals surface area contributed by atoms with E-state index in [1.807, 2.05) is 36.4 Å². The maximum absolute atomic E-state index is 11.7. The predicted molar refractivity (Wildman–Crippen MR) is 133 cm³/mol. The van der Waals surface area contributed by atoms with Crippen LogP contribution in [0.2, 0.25) is 0 Å². The molecule has 0 saturated carbocycles. The number of hydrogen-bond donors (Lipinski definition) is 4.